The molecule has 1 fully saturated rings. The van der Waals surface area contributed by atoms with E-state index in [0.29, 0.717) is 17.4 Å². The predicted octanol–water partition coefficient (Wildman–Crippen LogP) is 1.97. The molecular formula is C12H12O3. The van der Waals surface area contributed by atoms with Crippen molar-refractivity contribution in [2.45, 2.75) is 12.3 Å². The van der Waals surface area contributed by atoms with E-state index in [0.717, 1.165) is 12.4 Å². The Hall–Kier alpha value is -1.51. The second-order valence-electron chi connectivity index (χ2n) is 4.13. The van der Waals surface area contributed by atoms with Crippen LogP contribution in [0.1, 0.15) is 28.3 Å². The van der Waals surface area contributed by atoms with Crippen molar-refractivity contribution in [1.82, 2.24) is 0 Å². The normalized spacial score (nSPS) is 25.9. The number of rotatable bonds is 1. The molecule has 0 amide bonds. The number of hydrogen-bond donors (Lipinski definition) is 0. The van der Waals surface area contributed by atoms with E-state index >= 15 is 0 Å². The van der Waals surface area contributed by atoms with Gasteiger partial charge in [-0.2, -0.15) is 0 Å². The second kappa shape index (κ2) is 2.99. The molecule has 3 heteroatoms. The average Bonchev–Trinajstić information content (AvgIpc) is 3.06. The molecule has 15 heavy (non-hydrogen) atoms. The van der Waals surface area contributed by atoms with Crippen LogP contribution in [0.2, 0.25) is 0 Å². The Morgan fingerprint density at radius 3 is 3.20 bits per heavy atom. The molecule has 0 radical (unpaired) electrons. The van der Waals surface area contributed by atoms with Crippen LogP contribution < -0.4 is 4.74 Å². The molecule has 78 valence electrons. The highest BCUT2D eigenvalue weighted by Crippen LogP contribution is 2.54. The highest BCUT2D eigenvalue weighted by Gasteiger charge is 2.44. The first-order chi connectivity index (χ1) is 7.31. The largest absolute Gasteiger partial charge is 0.492 e. The summed E-state index contributed by atoms with van der Waals surface area (Å²) < 4.78 is 10.4. The van der Waals surface area contributed by atoms with Crippen molar-refractivity contribution in [2.24, 2.45) is 5.92 Å². The Bertz CT molecular complexity index is 425. The summed E-state index contributed by atoms with van der Waals surface area (Å²) in [5.41, 5.74) is 1.73. The molecule has 2 aliphatic rings. The molecule has 1 aromatic rings. The van der Waals surface area contributed by atoms with Crippen LogP contribution in [0, 0.1) is 5.92 Å². The molecule has 0 bridgehead atoms. The lowest BCUT2D eigenvalue weighted by atomic mass is 10.0. The number of carbonyl (C=O) groups is 1. The Morgan fingerprint density at radius 1 is 1.53 bits per heavy atom. The van der Waals surface area contributed by atoms with Crippen LogP contribution in [0.5, 0.6) is 5.75 Å². The van der Waals surface area contributed by atoms with E-state index in [1.807, 2.05) is 12.1 Å². The van der Waals surface area contributed by atoms with Gasteiger partial charge in [-0.1, -0.05) is 12.1 Å². The molecule has 0 saturated heterocycles. The lowest BCUT2D eigenvalue weighted by Crippen LogP contribution is -2.13. The van der Waals surface area contributed by atoms with Crippen LogP contribution >= 0.6 is 0 Å². The summed E-state index contributed by atoms with van der Waals surface area (Å²) in [4.78, 5) is 11.5. The minimum absolute atomic E-state index is 0.314. The first kappa shape index (κ1) is 8.77. The van der Waals surface area contributed by atoms with E-state index < -0.39 is 0 Å². The lowest BCUT2D eigenvalue weighted by molar-refractivity contribution is 0.0595. The lowest BCUT2D eigenvalue weighted by Gasteiger charge is -2.18. The maximum absolute atomic E-state index is 11.5. The molecule has 1 aromatic carbocycles. The zero-order valence-electron chi connectivity index (χ0n) is 8.53. The SMILES string of the molecule is COC(=O)c1cccc2c1OCC1CC21. The van der Waals surface area contributed by atoms with E-state index in [-0.39, 0.29) is 5.97 Å². The first-order valence-corrected chi connectivity index (χ1v) is 5.15. The van der Waals surface area contributed by atoms with Crippen molar-refractivity contribution in [3.8, 4) is 5.75 Å². The van der Waals surface area contributed by atoms with Gasteiger partial charge in [0.2, 0.25) is 0 Å². The van der Waals surface area contributed by atoms with Gasteiger partial charge >= 0.3 is 5.97 Å². The first-order valence-electron chi connectivity index (χ1n) is 5.15. The molecule has 2 atom stereocenters. The van der Waals surface area contributed by atoms with Crippen molar-refractivity contribution in [3.63, 3.8) is 0 Å². The Labute approximate surface area is 88.0 Å². The predicted molar refractivity (Wildman–Crippen MR) is 54.1 cm³/mol. The van der Waals surface area contributed by atoms with Crippen molar-refractivity contribution < 1.29 is 14.3 Å². The highest BCUT2D eigenvalue weighted by atomic mass is 16.5. The smallest absolute Gasteiger partial charge is 0.341 e. The minimum Gasteiger partial charge on any atom is -0.492 e. The molecule has 0 N–H and O–H groups in total. The van der Waals surface area contributed by atoms with Crippen LogP contribution in [-0.2, 0) is 4.74 Å². The minimum atomic E-state index is -0.314. The molecule has 1 aliphatic carbocycles. The Kier molecular flexibility index (Phi) is 1.75. The third-order valence-corrected chi connectivity index (χ3v) is 3.21. The highest BCUT2D eigenvalue weighted by molar-refractivity contribution is 5.93. The number of fused-ring (bicyclic) bond motifs is 3. The number of hydrogen-bond acceptors (Lipinski definition) is 3. The molecule has 2 unspecified atom stereocenters. The van der Waals surface area contributed by atoms with Crippen molar-refractivity contribution in [1.29, 1.82) is 0 Å². The summed E-state index contributed by atoms with van der Waals surface area (Å²) in [7, 11) is 1.39. The van der Waals surface area contributed by atoms with Crippen LogP contribution in [0.4, 0.5) is 0 Å². The van der Waals surface area contributed by atoms with E-state index in [9.17, 15) is 4.79 Å². The Balaban J connectivity index is 2.09. The summed E-state index contributed by atoms with van der Waals surface area (Å²) in [5, 5.41) is 0. The van der Waals surface area contributed by atoms with E-state index in [1.165, 1.54) is 19.1 Å². The number of para-hydroxylation sites is 1. The quantitative estimate of drug-likeness (QED) is 0.656. The fourth-order valence-corrected chi connectivity index (χ4v) is 2.28. The molecule has 1 heterocycles. The Morgan fingerprint density at radius 2 is 2.40 bits per heavy atom. The standard InChI is InChI=1S/C12H12O3/c1-14-12(13)9-4-2-3-8-10-5-7(10)6-15-11(8)9/h2-4,7,10H,5-6H2,1H3. The van der Waals surface area contributed by atoms with Crippen molar-refractivity contribution in [2.75, 3.05) is 13.7 Å². The number of benzene rings is 1. The molecular weight excluding hydrogens is 192 g/mol. The number of methoxy groups -OCH3 is 1. The summed E-state index contributed by atoms with van der Waals surface area (Å²) in [6.45, 7) is 0.742. The van der Waals surface area contributed by atoms with Gasteiger partial charge in [0.1, 0.15) is 11.3 Å². The fraction of sp³-hybridized carbons (Fsp3) is 0.417. The maximum atomic E-state index is 11.5. The topological polar surface area (TPSA) is 35.5 Å². The van der Waals surface area contributed by atoms with E-state index in [2.05, 4.69) is 0 Å². The second-order valence-corrected chi connectivity index (χ2v) is 4.13. The van der Waals surface area contributed by atoms with E-state index in [4.69, 9.17) is 9.47 Å². The number of esters is 1. The van der Waals surface area contributed by atoms with Gasteiger partial charge in [0.15, 0.2) is 0 Å². The summed E-state index contributed by atoms with van der Waals surface area (Å²) in [6.07, 6.45) is 1.19. The fourth-order valence-electron chi connectivity index (χ4n) is 2.28. The zero-order valence-corrected chi connectivity index (χ0v) is 8.53. The number of ether oxygens (including phenoxy) is 2. The molecule has 3 nitrogen and oxygen atoms in total. The molecule has 0 aromatic heterocycles. The zero-order chi connectivity index (χ0) is 10.4. The summed E-state index contributed by atoms with van der Waals surface area (Å²) >= 11 is 0. The third-order valence-electron chi connectivity index (χ3n) is 3.21. The molecule has 3 rings (SSSR count). The van der Waals surface area contributed by atoms with Crippen LogP contribution in [0.3, 0.4) is 0 Å². The molecule has 0 spiro atoms. The monoisotopic (exact) mass is 204 g/mol. The summed E-state index contributed by atoms with van der Waals surface area (Å²) in [5.74, 6) is 1.71. The molecule has 1 saturated carbocycles. The van der Waals surface area contributed by atoms with Crippen LogP contribution in [0.15, 0.2) is 18.2 Å². The average molecular weight is 204 g/mol. The number of carbonyl (C=O) groups excluding carboxylic acids is 1. The summed E-state index contributed by atoms with van der Waals surface area (Å²) in [6, 6.07) is 5.70. The maximum Gasteiger partial charge on any atom is 0.341 e. The van der Waals surface area contributed by atoms with Gasteiger partial charge in [-0.3, -0.25) is 0 Å². The van der Waals surface area contributed by atoms with Crippen molar-refractivity contribution in [3.05, 3.63) is 29.3 Å². The van der Waals surface area contributed by atoms with Gasteiger partial charge in [-0.05, 0) is 24.0 Å². The van der Waals surface area contributed by atoms with E-state index in [1.54, 1.807) is 6.07 Å². The van der Waals surface area contributed by atoms with Gasteiger partial charge in [0.25, 0.3) is 0 Å². The van der Waals surface area contributed by atoms with Gasteiger partial charge in [0.05, 0.1) is 13.7 Å². The molecule has 1 aliphatic heterocycles. The van der Waals surface area contributed by atoms with Crippen LogP contribution in [0.25, 0.3) is 0 Å². The van der Waals surface area contributed by atoms with Gasteiger partial charge in [0, 0.05) is 5.92 Å². The third kappa shape index (κ3) is 1.23. The van der Waals surface area contributed by atoms with Gasteiger partial charge in [-0.15, -0.1) is 0 Å². The van der Waals surface area contributed by atoms with Crippen LogP contribution in [-0.4, -0.2) is 19.7 Å². The van der Waals surface area contributed by atoms with Gasteiger partial charge in [-0.25, -0.2) is 4.79 Å². The van der Waals surface area contributed by atoms with Crippen molar-refractivity contribution >= 4 is 5.97 Å². The van der Waals surface area contributed by atoms with Gasteiger partial charge < -0.3 is 9.47 Å².